The molecular formula is C19H30ClN2O3+. The lowest BCUT2D eigenvalue weighted by Crippen LogP contribution is -3.16. The van der Waals surface area contributed by atoms with Crippen LogP contribution in [-0.2, 0) is 9.53 Å². The average Bonchev–Trinajstić information content (AvgIpc) is 2.60. The number of hydrogen-bond donors (Lipinski definition) is 2. The standard InChI is InChI=1S/C19H29ClN2O3/c1-14(2)19(24)22-10-8-21(9-11-22)12-18(23)13-25-15(3)16-4-6-17(20)7-5-16/h4-7,14-15,18,23H,8-13H2,1-3H3/p+1/t15-,18+/m0/s1. The van der Waals surface area contributed by atoms with Crippen LogP contribution in [0.3, 0.4) is 0 Å². The number of carbonyl (C=O) groups is 1. The molecule has 0 saturated carbocycles. The van der Waals surface area contributed by atoms with Gasteiger partial charge in [0.1, 0.15) is 12.6 Å². The van der Waals surface area contributed by atoms with Crippen LogP contribution in [0.15, 0.2) is 24.3 Å². The Morgan fingerprint density at radius 1 is 1.24 bits per heavy atom. The molecule has 2 N–H and O–H groups in total. The number of nitrogens with zero attached hydrogens (tertiary/aromatic N) is 1. The van der Waals surface area contributed by atoms with Crippen molar-refractivity contribution in [3.8, 4) is 0 Å². The van der Waals surface area contributed by atoms with Crippen LogP contribution < -0.4 is 4.90 Å². The number of ether oxygens (including phenoxy) is 1. The van der Waals surface area contributed by atoms with Crippen molar-refractivity contribution in [3.63, 3.8) is 0 Å². The predicted molar refractivity (Wildman–Crippen MR) is 98.8 cm³/mol. The summed E-state index contributed by atoms with van der Waals surface area (Å²) in [6.07, 6.45) is -0.584. The average molecular weight is 370 g/mol. The number of piperazine rings is 1. The lowest BCUT2D eigenvalue weighted by atomic mass is 10.1. The Morgan fingerprint density at radius 2 is 1.84 bits per heavy atom. The van der Waals surface area contributed by atoms with Crippen molar-refractivity contribution >= 4 is 17.5 Å². The topological polar surface area (TPSA) is 54.2 Å². The summed E-state index contributed by atoms with van der Waals surface area (Å²) < 4.78 is 5.79. The highest BCUT2D eigenvalue weighted by Crippen LogP contribution is 2.19. The first kappa shape index (κ1) is 20.2. The molecule has 1 aromatic rings. The smallest absolute Gasteiger partial charge is 0.225 e. The molecule has 0 unspecified atom stereocenters. The maximum atomic E-state index is 12.0. The molecule has 1 amide bonds. The number of halogens is 1. The van der Waals surface area contributed by atoms with Gasteiger partial charge in [-0.1, -0.05) is 37.6 Å². The van der Waals surface area contributed by atoms with E-state index in [9.17, 15) is 9.90 Å². The Labute approximate surface area is 155 Å². The fraction of sp³-hybridized carbons (Fsp3) is 0.632. The van der Waals surface area contributed by atoms with Crippen molar-refractivity contribution in [2.75, 3.05) is 39.3 Å². The molecule has 1 saturated heterocycles. The van der Waals surface area contributed by atoms with E-state index < -0.39 is 6.10 Å². The van der Waals surface area contributed by atoms with E-state index in [1.165, 1.54) is 4.90 Å². The first-order chi connectivity index (χ1) is 11.9. The highest BCUT2D eigenvalue weighted by molar-refractivity contribution is 6.30. The SMILES string of the molecule is CC(C)C(=O)N1CC[NH+](C[C@@H](O)CO[C@@H](C)c2ccc(Cl)cc2)CC1. The second-order valence-electron chi connectivity index (χ2n) is 7.12. The van der Waals surface area contributed by atoms with Gasteiger partial charge in [-0.3, -0.25) is 4.79 Å². The summed E-state index contributed by atoms with van der Waals surface area (Å²) in [5, 5.41) is 11.0. The van der Waals surface area contributed by atoms with Crippen molar-refractivity contribution in [2.45, 2.75) is 33.0 Å². The third-order valence-corrected chi connectivity index (χ3v) is 4.93. The zero-order valence-corrected chi connectivity index (χ0v) is 16.1. The minimum atomic E-state index is -0.503. The van der Waals surface area contributed by atoms with E-state index in [0.29, 0.717) is 18.2 Å². The molecule has 25 heavy (non-hydrogen) atoms. The number of carbonyl (C=O) groups excluding carboxylic acids is 1. The third-order valence-electron chi connectivity index (χ3n) is 4.68. The van der Waals surface area contributed by atoms with Crippen molar-refractivity contribution in [2.24, 2.45) is 5.92 Å². The molecule has 1 aliphatic heterocycles. The van der Waals surface area contributed by atoms with Crippen LogP contribution in [0.25, 0.3) is 0 Å². The molecule has 2 rings (SSSR count). The van der Waals surface area contributed by atoms with Gasteiger partial charge in [-0.05, 0) is 24.6 Å². The van der Waals surface area contributed by atoms with Crippen LogP contribution in [0.4, 0.5) is 0 Å². The Morgan fingerprint density at radius 3 is 2.40 bits per heavy atom. The van der Waals surface area contributed by atoms with Crippen LogP contribution in [0.5, 0.6) is 0 Å². The summed E-state index contributed by atoms with van der Waals surface area (Å²) in [5.41, 5.74) is 1.05. The Hall–Kier alpha value is -1.14. The Kier molecular flexibility index (Phi) is 7.69. The molecule has 0 spiro atoms. The molecular weight excluding hydrogens is 340 g/mol. The molecule has 0 aromatic heterocycles. The van der Waals surface area contributed by atoms with Crippen LogP contribution >= 0.6 is 11.6 Å². The van der Waals surface area contributed by atoms with Gasteiger partial charge in [0.05, 0.1) is 38.9 Å². The molecule has 140 valence electrons. The fourth-order valence-corrected chi connectivity index (χ4v) is 3.22. The van der Waals surface area contributed by atoms with Gasteiger partial charge >= 0.3 is 0 Å². The fourth-order valence-electron chi connectivity index (χ4n) is 3.09. The Bertz CT molecular complexity index is 542. The minimum Gasteiger partial charge on any atom is -0.385 e. The number of aliphatic hydroxyl groups excluding tert-OH is 1. The van der Waals surface area contributed by atoms with E-state index in [-0.39, 0.29) is 17.9 Å². The van der Waals surface area contributed by atoms with Gasteiger partial charge in [0.25, 0.3) is 0 Å². The summed E-state index contributed by atoms with van der Waals surface area (Å²) in [7, 11) is 0. The van der Waals surface area contributed by atoms with E-state index in [4.69, 9.17) is 16.3 Å². The maximum Gasteiger partial charge on any atom is 0.225 e. The largest absolute Gasteiger partial charge is 0.385 e. The molecule has 2 atom stereocenters. The number of aliphatic hydroxyl groups is 1. The van der Waals surface area contributed by atoms with Crippen molar-refractivity contribution in [1.82, 2.24) is 4.90 Å². The van der Waals surface area contributed by atoms with Gasteiger partial charge in [-0.15, -0.1) is 0 Å². The molecule has 5 nitrogen and oxygen atoms in total. The van der Waals surface area contributed by atoms with E-state index >= 15 is 0 Å². The zero-order valence-electron chi connectivity index (χ0n) is 15.4. The summed E-state index contributed by atoms with van der Waals surface area (Å²) in [5.74, 6) is 0.273. The molecule has 1 aliphatic rings. The molecule has 1 fully saturated rings. The van der Waals surface area contributed by atoms with Crippen LogP contribution in [-0.4, -0.2) is 61.3 Å². The first-order valence-corrected chi connectivity index (χ1v) is 9.42. The second-order valence-corrected chi connectivity index (χ2v) is 7.55. The maximum absolute atomic E-state index is 12.0. The van der Waals surface area contributed by atoms with E-state index in [2.05, 4.69) is 0 Å². The van der Waals surface area contributed by atoms with Gasteiger partial charge in [-0.2, -0.15) is 0 Å². The quantitative estimate of drug-likeness (QED) is 0.758. The number of nitrogens with one attached hydrogen (secondary N) is 1. The highest BCUT2D eigenvalue weighted by atomic mass is 35.5. The number of hydrogen-bond acceptors (Lipinski definition) is 3. The van der Waals surface area contributed by atoms with Gasteiger partial charge in [0, 0.05) is 10.9 Å². The number of benzene rings is 1. The van der Waals surface area contributed by atoms with Gasteiger partial charge in [0.2, 0.25) is 5.91 Å². The number of quaternary nitrogens is 1. The zero-order chi connectivity index (χ0) is 18.4. The molecule has 0 aliphatic carbocycles. The molecule has 0 radical (unpaired) electrons. The van der Waals surface area contributed by atoms with E-state index in [0.717, 1.165) is 31.7 Å². The van der Waals surface area contributed by atoms with Crippen LogP contribution in [0.1, 0.15) is 32.4 Å². The first-order valence-electron chi connectivity index (χ1n) is 9.04. The van der Waals surface area contributed by atoms with Crippen LogP contribution in [0, 0.1) is 5.92 Å². The lowest BCUT2D eigenvalue weighted by molar-refractivity contribution is -0.907. The molecule has 6 heteroatoms. The molecule has 1 aromatic carbocycles. The van der Waals surface area contributed by atoms with Crippen molar-refractivity contribution in [3.05, 3.63) is 34.9 Å². The Balaban J connectivity index is 1.69. The lowest BCUT2D eigenvalue weighted by Gasteiger charge is -2.34. The van der Waals surface area contributed by atoms with E-state index in [1.54, 1.807) is 0 Å². The van der Waals surface area contributed by atoms with E-state index in [1.807, 2.05) is 49.9 Å². The van der Waals surface area contributed by atoms with Crippen molar-refractivity contribution < 1.29 is 19.5 Å². The number of rotatable bonds is 7. The highest BCUT2D eigenvalue weighted by Gasteiger charge is 2.26. The van der Waals surface area contributed by atoms with Gasteiger partial charge < -0.3 is 19.6 Å². The van der Waals surface area contributed by atoms with Crippen LogP contribution in [0.2, 0.25) is 5.02 Å². The van der Waals surface area contributed by atoms with Gasteiger partial charge in [0.15, 0.2) is 0 Å². The third kappa shape index (κ3) is 6.26. The summed E-state index contributed by atoms with van der Waals surface area (Å²) in [6.45, 7) is 10.1. The molecule has 1 heterocycles. The number of amides is 1. The molecule has 0 bridgehead atoms. The normalized spacial score (nSPS) is 18.4. The summed E-state index contributed by atoms with van der Waals surface area (Å²) in [4.78, 5) is 15.3. The summed E-state index contributed by atoms with van der Waals surface area (Å²) >= 11 is 5.89. The minimum absolute atomic E-state index is 0.0508. The van der Waals surface area contributed by atoms with Gasteiger partial charge in [-0.25, -0.2) is 0 Å². The second kappa shape index (κ2) is 9.53. The summed E-state index contributed by atoms with van der Waals surface area (Å²) in [6, 6.07) is 7.57. The monoisotopic (exact) mass is 369 g/mol. The predicted octanol–water partition coefficient (Wildman–Crippen LogP) is 1.16. The van der Waals surface area contributed by atoms with Crippen molar-refractivity contribution in [1.29, 1.82) is 0 Å².